The lowest BCUT2D eigenvalue weighted by atomic mass is 10.1. The summed E-state index contributed by atoms with van der Waals surface area (Å²) in [6.45, 7) is 3.98. The second kappa shape index (κ2) is 5.66. The fourth-order valence-electron chi connectivity index (χ4n) is 3.05. The van der Waals surface area contributed by atoms with Crippen molar-refractivity contribution < 1.29 is 14.3 Å². The summed E-state index contributed by atoms with van der Waals surface area (Å²) in [6, 6.07) is 5.86. The van der Waals surface area contributed by atoms with Gasteiger partial charge in [0.1, 0.15) is 12.0 Å². The third-order valence-corrected chi connectivity index (χ3v) is 4.19. The van der Waals surface area contributed by atoms with Crippen molar-refractivity contribution in [3.8, 4) is 11.4 Å². The maximum absolute atomic E-state index is 12.3. The van der Waals surface area contributed by atoms with Crippen molar-refractivity contribution in [2.75, 3.05) is 6.61 Å². The molecule has 1 aliphatic heterocycles. The molecule has 2 aromatic heterocycles. The molecule has 0 amide bonds. The summed E-state index contributed by atoms with van der Waals surface area (Å²) >= 11 is 0. The van der Waals surface area contributed by atoms with E-state index >= 15 is 0 Å². The SMILES string of the molecule is CCOC(=O)c1ncn2c1Cc1c(C=O)nnn1-c1cc(C)ccc1-2. The first kappa shape index (κ1) is 15.3. The Bertz CT molecular complexity index is 1000. The van der Waals surface area contributed by atoms with E-state index < -0.39 is 5.97 Å². The number of fused-ring (bicyclic) bond motifs is 5. The van der Waals surface area contributed by atoms with Crippen molar-refractivity contribution in [3.63, 3.8) is 0 Å². The number of benzene rings is 1. The van der Waals surface area contributed by atoms with Gasteiger partial charge in [0, 0.05) is 6.42 Å². The summed E-state index contributed by atoms with van der Waals surface area (Å²) in [5.41, 5.74) is 4.38. The van der Waals surface area contributed by atoms with Gasteiger partial charge in [0.15, 0.2) is 12.0 Å². The number of carbonyl (C=O) groups is 2. The Morgan fingerprint density at radius 2 is 2.16 bits per heavy atom. The van der Waals surface area contributed by atoms with Crippen molar-refractivity contribution in [1.82, 2.24) is 24.5 Å². The minimum atomic E-state index is -0.488. The van der Waals surface area contributed by atoms with Gasteiger partial charge < -0.3 is 4.74 Å². The summed E-state index contributed by atoms with van der Waals surface area (Å²) < 4.78 is 8.59. The van der Waals surface area contributed by atoms with E-state index in [0.717, 1.165) is 16.9 Å². The third-order valence-electron chi connectivity index (χ3n) is 4.19. The Morgan fingerprint density at radius 1 is 1.32 bits per heavy atom. The highest BCUT2D eigenvalue weighted by molar-refractivity contribution is 5.89. The number of aromatic nitrogens is 5. The van der Waals surface area contributed by atoms with Crippen LogP contribution in [0.25, 0.3) is 11.4 Å². The van der Waals surface area contributed by atoms with Crippen LogP contribution in [0.1, 0.15) is 44.9 Å². The third kappa shape index (κ3) is 2.25. The summed E-state index contributed by atoms with van der Waals surface area (Å²) in [7, 11) is 0. The molecule has 25 heavy (non-hydrogen) atoms. The minimum absolute atomic E-state index is 0.236. The van der Waals surface area contributed by atoms with Crippen LogP contribution < -0.4 is 0 Å². The molecule has 0 N–H and O–H groups in total. The second-order valence-electron chi connectivity index (χ2n) is 5.75. The highest BCUT2D eigenvalue weighted by atomic mass is 16.5. The minimum Gasteiger partial charge on any atom is -0.461 e. The lowest BCUT2D eigenvalue weighted by molar-refractivity contribution is 0.0518. The summed E-state index contributed by atoms with van der Waals surface area (Å²) in [5, 5.41) is 8.08. The Hall–Kier alpha value is -3.29. The molecule has 0 unspecified atom stereocenters. The molecule has 0 atom stereocenters. The molecule has 0 bridgehead atoms. The van der Waals surface area contributed by atoms with E-state index in [0.29, 0.717) is 24.1 Å². The first-order valence-electron chi connectivity index (χ1n) is 7.88. The van der Waals surface area contributed by atoms with Gasteiger partial charge in [-0.05, 0) is 31.5 Å². The van der Waals surface area contributed by atoms with Crippen LogP contribution in [-0.2, 0) is 11.2 Å². The first-order chi connectivity index (χ1) is 12.1. The monoisotopic (exact) mass is 337 g/mol. The van der Waals surface area contributed by atoms with Gasteiger partial charge in [-0.2, -0.15) is 0 Å². The van der Waals surface area contributed by atoms with Crippen LogP contribution in [0.2, 0.25) is 0 Å². The summed E-state index contributed by atoms with van der Waals surface area (Å²) in [4.78, 5) is 27.9. The van der Waals surface area contributed by atoms with Crippen molar-refractivity contribution in [2.45, 2.75) is 20.3 Å². The van der Waals surface area contributed by atoms with Crippen LogP contribution in [0.5, 0.6) is 0 Å². The molecule has 0 saturated heterocycles. The molecular formula is C17H15N5O3. The number of nitrogens with zero attached hydrogens (tertiary/aromatic N) is 5. The van der Waals surface area contributed by atoms with Gasteiger partial charge in [-0.15, -0.1) is 5.10 Å². The van der Waals surface area contributed by atoms with Crippen molar-refractivity contribution in [3.05, 3.63) is 52.9 Å². The van der Waals surface area contributed by atoms with E-state index in [9.17, 15) is 9.59 Å². The van der Waals surface area contributed by atoms with Crippen LogP contribution >= 0.6 is 0 Å². The summed E-state index contributed by atoms with van der Waals surface area (Å²) in [5.74, 6) is -0.488. The standard InChI is InChI=1S/C17H15N5O3/c1-3-25-17(24)16-15-7-13-11(8-23)19-20-22(13)14-6-10(2)4-5-12(14)21(15)9-18-16/h4-6,8-9H,3,7H2,1-2H3. The maximum Gasteiger partial charge on any atom is 0.358 e. The van der Waals surface area contributed by atoms with Gasteiger partial charge in [-0.3, -0.25) is 9.36 Å². The van der Waals surface area contributed by atoms with Crippen molar-refractivity contribution in [2.24, 2.45) is 0 Å². The Labute approximate surface area is 143 Å². The average molecular weight is 337 g/mol. The zero-order valence-electron chi connectivity index (χ0n) is 13.8. The van der Waals surface area contributed by atoms with Crippen LogP contribution in [-0.4, -0.2) is 43.4 Å². The molecule has 8 nitrogen and oxygen atoms in total. The van der Waals surface area contributed by atoms with E-state index in [1.807, 2.05) is 29.7 Å². The number of hydrogen-bond acceptors (Lipinski definition) is 6. The smallest absolute Gasteiger partial charge is 0.358 e. The zero-order chi connectivity index (χ0) is 17.6. The van der Waals surface area contributed by atoms with E-state index in [-0.39, 0.29) is 18.0 Å². The fourth-order valence-corrected chi connectivity index (χ4v) is 3.05. The number of ether oxygens (including phenoxy) is 1. The second-order valence-corrected chi connectivity index (χ2v) is 5.75. The molecule has 0 saturated carbocycles. The van der Waals surface area contributed by atoms with E-state index in [4.69, 9.17) is 4.74 Å². The summed E-state index contributed by atoms with van der Waals surface area (Å²) in [6.07, 6.45) is 2.56. The fraction of sp³-hybridized carbons (Fsp3) is 0.235. The molecule has 8 heteroatoms. The predicted molar refractivity (Wildman–Crippen MR) is 87.4 cm³/mol. The topological polar surface area (TPSA) is 91.9 Å². The van der Waals surface area contributed by atoms with E-state index in [1.165, 1.54) is 0 Å². The number of aryl methyl sites for hydroxylation is 1. The lowest BCUT2D eigenvalue weighted by Crippen LogP contribution is -2.10. The highest BCUT2D eigenvalue weighted by Crippen LogP contribution is 2.30. The Morgan fingerprint density at radius 3 is 2.92 bits per heavy atom. The maximum atomic E-state index is 12.3. The number of imidazole rings is 1. The van der Waals surface area contributed by atoms with Crippen LogP contribution in [0.15, 0.2) is 24.5 Å². The average Bonchev–Trinajstić information content (AvgIpc) is 3.17. The van der Waals surface area contributed by atoms with Gasteiger partial charge in [-0.25, -0.2) is 14.5 Å². The molecule has 4 rings (SSSR count). The molecular weight excluding hydrogens is 322 g/mol. The molecule has 1 aliphatic rings. The van der Waals surface area contributed by atoms with Crippen molar-refractivity contribution >= 4 is 12.3 Å². The first-order valence-corrected chi connectivity index (χ1v) is 7.88. The number of aldehydes is 1. The molecule has 3 aromatic rings. The van der Waals surface area contributed by atoms with Gasteiger partial charge in [0.2, 0.25) is 0 Å². The molecule has 3 heterocycles. The quantitative estimate of drug-likeness (QED) is 0.417. The highest BCUT2D eigenvalue weighted by Gasteiger charge is 2.28. The van der Waals surface area contributed by atoms with E-state index in [1.54, 1.807) is 17.9 Å². The molecule has 0 spiro atoms. The van der Waals surface area contributed by atoms with Crippen LogP contribution in [0, 0.1) is 6.92 Å². The molecule has 126 valence electrons. The number of hydrogen-bond donors (Lipinski definition) is 0. The zero-order valence-corrected chi connectivity index (χ0v) is 13.8. The van der Waals surface area contributed by atoms with Gasteiger partial charge in [-0.1, -0.05) is 11.3 Å². The van der Waals surface area contributed by atoms with Crippen molar-refractivity contribution in [1.29, 1.82) is 0 Å². The number of carbonyl (C=O) groups excluding carboxylic acids is 2. The van der Waals surface area contributed by atoms with Gasteiger partial charge in [0.25, 0.3) is 0 Å². The predicted octanol–water partition coefficient (Wildman–Crippen LogP) is 1.65. The number of esters is 1. The van der Waals surface area contributed by atoms with E-state index in [2.05, 4.69) is 15.3 Å². The molecule has 0 aliphatic carbocycles. The Balaban J connectivity index is 2.01. The molecule has 0 radical (unpaired) electrons. The van der Waals surface area contributed by atoms with Crippen LogP contribution in [0.4, 0.5) is 0 Å². The van der Waals surface area contributed by atoms with Gasteiger partial charge >= 0.3 is 5.97 Å². The largest absolute Gasteiger partial charge is 0.461 e. The number of rotatable bonds is 3. The lowest BCUT2D eigenvalue weighted by Gasteiger charge is -2.10. The Kier molecular flexibility index (Phi) is 3.45. The van der Waals surface area contributed by atoms with Gasteiger partial charge in [0.05, 0.1) is 29.4 Å². The molecule has 1 aromatic carbocycles. The molecule has 0 fully saturated rings. The normalized spacial score (nSPS) is 11.9. The van der Waals surface area contributed by atoms with Crippen LogP contribution in [0.3, 0.4) is 0 Å².